The lowest BCUT2D eigenvalue weighted by Crippen LogP contribution is -2.26. The number of nitrogens with one attached hydrogen (secondary N) is 1. The van der Waals surface area contributed by atoms with Gasteiger partial charge in [0.1, 0.15) is 12.4 Å². The van der Waals surface area contributed by atoms with E-state index in [4.69, 9.17) is 14.2 Å². The molecule has 1 amide bonds. The van der Waals surface area contributed by atoms with Crippen molar-refractivity contribution in [2.24, 2.45) is 0 Å². The predicted octanol–water partition coefficient (Wildman–Crippen LogP) is 3.12. The summed E-state index contributed by atoms with van der Waals surface area (Å²) in [6.45, 7) is 3.15. The van der Waals surface area contributed by atoms with Crippen LogP contribution >= 0.6 is 0 Å². The maximum atomic E-state index is 11.4. The van der Waals surface area contributed by atoms with Crippen molar-refractivity contribution in [3.05, 3.63) is 52.1 Å². The lowest BCUT2D eigenvalue weighted by Gasteiger charge is -2.18. The van der Waals surface area contributed by atoms with E-state index in [2.05, 4.69) is 10.2 Å². The number of nitro benzene ring substituents is 1. The Labute approximate surface area is 175 Å². The van der Waals surface area contributed by atoms with E-state index in [0.29, 0.717) is 30.4 Å². The summed E-state index contributed by atoms with van der Waals surface area (Å²) in [5.41, 5.74) is 1.30. The highest BCUT2D eigenvalue weighted by Crippen LogP contribution is 2.29. The first-order valence-electron chi connectivity index (χ1n) is 9.42. The highest BCUT2D eigenvalue weighted by molar-refractivity contribution is 5.90. The molecule has 9 nitrogen and oxygen atoms in total. The lowest BCUT2D eigenvalue weighted by molar-refractivity contribution is -0.384. The number of hydrogen-bond donors (Lipinski definition) is 1. The number of anilines is 1. The van der Waals surface area contributed by atoms with Crippen LogP contribution in [-0.4, -0.2) is 56.7 Å². The van der Waals surface area contributed by atoms with Crippen molar-refractivity contribution in [3.63, 3.8) is 0 Å². The Bertz CT molecular complexity index is 887. The molecule has 0 aliphatic heterocycles. The van der Waals surface area contributed by atoms with Crippen molar-refractivity contribution < 1.29 is 23.9 Å². The Hall–Kier alpha value is -3.33. The largest absolute Gasteiger partial charge is 0.493 e. The number of nitrogens with zero attached hydrogens (tertiary/aromatic N) is 2. The average Bonchev–Trinajstić information content (AvgIpc) is 2.72. The number of carbonyl (C=O) groups excluding carboxylic acids is 1. The van der Waals surface area contributed by atoms with Gasteiger partial charge in [0, 0.05) is 32.1 Å². The number of ether oxygens (including phenoxy) is 3. The fourth-order valence-electron chi connectivity index (χ4n) is 2.82. The number of likely N-dealkylation sites (N-methyl/N-ethyl adjacent to an activating group) is 1. The number of non-ortho nitro benzene ring substituents is 1. The first-order valence-corrected chi connectivity index (χ1v) is 9.42. The minimum absolute atomic E-state index is 0.113. The van der Waals surface area contributed by atoms with Crippen LogP contribution in [0.25, 0.3) is 0 Å². The van der Waals surface area contributed by atoms with Gasteiger partial charge in [-0.25, -0.2) is 0 Å². The summed E-state index contributed by atoms with van der Waals surface area (Å²) in [5, 5.41) is 13.5. The Kier molecular flexibility index (Phi) is 8.42. The van der Waals surface area contributed by atoms with Gasteiger partial charge in [0.15, 0.2) is 11.5 Å². The van der Waals surface area contributed by atoms with Crippen LogP contribution < -0.4 is 19.5 Å². The zero-order valence-electron chi connectivity index (χ0n) is 17.6. The molecule has 0 aromatic heterocycles. The summed E-state index contributed by atoms with van der Waals surface area (Å²) in [5.74, 6) is 1.46. The normalized spacial score (nSPS) is 10.6. The monoisotopic (exact) mass is 417 g/mol. The van der Waals surface area contributed by atoms with Gasteiger partial charge in [0.2, 0.25) is 5.91 Å². The Morgan fingerprint density at radius 2 is 1.77 bits per heavy atom. The van der Waals surface area contributed by atoms with Gasteiger partial charge in [0.05, 0.1) is 24.8 Å². The number of rotatable bonds is 11. The van der Waals surface area contributed by atoms with Crippen molar-refractivity contribution >= 4 is 17.3 Å². The number of amides is 1. The quantitative estimate of drug-likeness (QED) is 0.442. The fraction of sp³-hybridized carbons (Fsp3) is 0.381. The molecule has 0 fully saturated rings. The van der Waals surface area contributed by atoms with Crippen molar-refractivity contribution in [2.75, 3.05) is 46.3 Å². The lowest BCUT2D eigenvalue weighted by atomic mass is 10.1. The third-order valence-corrected chi connectivity index (χ3v) is 4.45. The second-order valence-corrected chi connectivity index (χ2v) is 6.71. The van der Waals surface area contributed by atoms with E-state index in [-0.39, 0.29) is 17.3 Å². The molecule has 0 atom stereocenters. The van der Waals surface area contributed by atoms with E-state index in [1.807, 2.05) is 25.2 Å². The molecule has 30 heavy (non-hydrogen) atoms. The van der Waals surface area contributed by atoms with Crippen LogP contribution in [0.3, 0.4) is 0 Å². The zero-order chi connectivity index (χ0) is 22.1. The highest BCUT2D eigenvalue weighted by Gasteiger charge is 2.13. The fourth-order valence-corrected chi connectivity index (χ4v) is 2.82. The van der Waals surface area contributed by atoms with E-state index in [0.717, 1.165) is 18.5 Å². The zero-order valence-corrected chi connectivity index (χ0v) is 17.6. The second-order valence-electron chi connectivity index (χ2n) is 6.71. The minimum Gasteiger partial charge on any atom is -0.493 e. The van der Waals surface area contributed by atoms with E-state index < -0.39 is 4.92 Å². The molecule has 2 aromatic rings. The molecule has 0 aliphatic rings. The molecule has 2 aromatic carbocycles. The van der Waals surface area contributed by atoms with E-state index in [1.54, 1.807) is 14.2 Å². The summed E-state index contributed by atoms with van der Waals surface area (Å²) < 4.78 is 16.3. The highest BCUT2D eigenvalue weighted by atomic mass is 16.6. The third-order valence-electron chi connectivity index (χ3n) is 4.45. The molecular weight excluding hydrogens is 390 g/mol. The van der Waals surface area contributed by atoms with Crippen LogP contribution in [0.2, 0.25) is 0 Å². The Morgan fingerprint density at radius 1 is 1.07 bits per heavy atom. The molecule has 0 spiro atoms. The summed E-state index contributed by atoms with van der Waals surface area (Å²) in [4.78, 5) is 23.9. The Balaban J connectivity index is 1.89. The van der Waals surface area contributed by atoms with Crippen molar-refractivity contribution in [1.29, 1.82) is 0 Å². The van der Waals surface area contributed by atoms with Crippen LogP contribution in [0.5, 0.6) is 17.2 Å². The van der Waals surface area contributed by atoms with Crippen LogP contribution in [0, 0.1) is 10.1 Å². The maximum Gasteiger partial charge on any atom is 0.271 e. The number of hydrogen-bond acceptors (Lipinski definition) is 7. The molecular formula is C21H27N3O6. The molecule has 0 radical (unpaired) electrons. The van der Waals surface area contributed by atoms with Gasteiger partial charge < -0.3 is 24.4 Å². The van der Waals surface area contributed by atoms with Crippen molar-refractivity contribution in [1.82, 2.24) is 4.90 Å². The second kappa shape index (κ2) is 11.0. The molecule has 0 saturated carbocycles. The van der Waals surface area contributed by atoms with Crippen LogP contribution in [0.1, 0.15) is 12.5 Å². The summed E-state index contributed by atoms with van der Waals surface area (Å²) in [6, 6.07) is 9.98. The number of benzene rings is 2. The molecule has 2 rings (SSSR count). The summed E-state index contributed by atoms with van der Waals surface area (Å²) in [6.07, 6.45) is 0.825. The molecule has 0 unspecified atom stereocenters. The SMILES string of the molecule is COc1ccc(CCN(C)CCOc2ccc([N+](=O)[O-])cc2NC(C)=O)cc1OC. The topological polar surface area (TPSA) is 103 Å². The Morgan fingerprint density at radius 3 is 2.40 bits per heavy atom. The molecule has 0 bridgehead atoms. The van der Waals surface area contributed by atoms with Gasteiger partial charge in [0.25, 0.3) is 5.69 Å². The van der Waals surface area contributed by atoms with Crippen LogP contribution in [0.15, 0.2) is 36.4 Å². The minimum atomic E-state index is -0.517. The summed E-state index contributed by atoms with van der Waals surface area (Å²) in [7, 11) is 5.20. The van der Waals surface area contributed by atoms with E-state index >= 15 is 0 Å². The number of methoxy groups -OCH3 is 2. The van der Waals surface area contributed by atoms with Crippen LogP contribution in [-0.2, 0) is 11.2 Å². The molecule has 0 heterocycles. The van der Waals surface area contributed by atoms with Gasteiger partial charge in [-0.2, -0.15) is 0 Å². The smallest absolute Gasteiger partial charge is 0.271 e. The van der Waals surface area contributed by atoms with Gasteiger partial charge >= 0.3 is 0 Å². The average molecular weight is 417 g/mol. The maximum absolute atomic E-state index is 11.4. The molecule has 0 aliphatic carbocycles. The first kappa shape index (κ1) is 23.0. The predicted molar refractivity (Wildman–Crippen MR) is 114 cm³/mol. The van der Waals surface area contributed by atoms with Gasteiger partial charge in [-0.1, -0.05) is 6.07 Å². The van der Waals surface area contributed by atoms with Gasteiger partial charge in [-0.3, -0.25) is 14.9 Å². The first-order chi connectivity index (χ1) is 14.3. The van der Waals surface area contributed by atoms with Gasteiger partial charge in [-0.05, 0) is 37.2 Å². The number of carbonyl (C=O) groups is 1. The summed E-state index contributed by atoms with van der Waals surface area (Å²) >= 11 is 0. The van der Waals surface area contributed by atoms with Crippen molar-refractivity contribution in [3.8, 4) is 17.2 Å². The molecule has 0 saturated heterocycles. The van der Waals surface area contributed by atoms with Gasteiger partial charge in [-0.15, -0.1) is 0 Å². The van der Waals surface area contributed by atoms with Crippen molar-refractivity contribution in [2.45, 2.75) is 13.3 Å². The number of nitro groups is 1. The van der Waals surface area contributed by atoms with E-state index in [1.165, 1.54) is 25.1 Å². The molecule has 1 N–H and O–H groups in total. The standard InChI is InChI=1S/C21H27N3O6/c1-15(25)22-18-14-17(24(26)27)6-8-19(18)30-12-11-23(2)10-9-16-5-7-20(28-3)21(13-16)29-4/h5-8,13-14H,9-12H2,1-4H3,(H,22,25). The third kappa shape index (κ3) is 6.63. The molecule has 162 valence electrons. The van der Waals surface area contributed by atoms with E-state index in [9.17, 15) is 14.9 Å². The molecule has 9 heteroatoms. The van der Waals surface area contributed by atoms with Crippen LogP contribution in [0.4, 0.5) is 11.4 Å².